The van der Waals surface area contributed by atoms with Gasteiger partial charge in [0.05, 0.1) is 45.9 Å². The van der Waals surface area contributed by atoms with Crippen molar-refractivity contribution in [1.82, 2.24) is 5.27 Å². The van der Waals surface area contributed by atoms with Crippen molar-refractivity contribution in [3.05, 3.63) is 59.9 Å². The van der Waals surface area contributed by atoms with Gasteiger partial charge in [-0.05, 0) is 30.2 Å². The van der Waals surface area contributed by atoms with Crippen molar-refractivity contribution in [3.8, 4) is 17.2 Å². The number of para-hydroxylation sites is 1. The summed E-state index contributed by atoms with van der Waals surface area (Å²) in [6.07, 6.45) is 3.08. The molecule has 38 heavy (non-hydrogen) atoms. The molecule has 0 saturated carbocycles. The second kappa shape index (κ2) is 11.7. The van der Waals surface area contributed by atoms with Crippen LogP contribution >= 0.6 is 11.8 Å². The van der Waals surface area contributed by atoms with Gasteiger partial charge < -0.3 is 19.3 Å². The quantitative estimate of drug-likeness (QED) is 0.173. The number of rotatable bonds is 9. The Labute approximate surface area is 223 Å². The normalized spacial score (nSPS) is 14.6. The number of benzene rings is 2. The highest BCUT2D eigenvalue weighted by atomic mass is 32.2. The van der Waals surface area contributed by atoms with Gasteiger partial charge in [0, 0.05) is 17.4 Å². The third kappa shape index (κ3) is 5.72. The van der Waals surface area contributed by atoms with Crippen LogP contribution in [0.3, 0.4) is 0 Å². The first-order valence-corrected chi connectivity index (χ1v) is 12.3. The Kier molecular flexibility index (Phi) is 8.16. The minimum atomic E-state index is -0.473. The van der Waals surface area contributed by atoms with E-state index in [1.54, 1.807) is 49.4 Å². The van der Waals surface area contributed by atoms with Crippen LogP contribution in [0.4, 0.5) is 11.6 Å². The number of thioether (sulfide) groups is 1. The van der Waals surface area contributed by atoms with Gasteiger partial charge in [-0.15, -0.1) is 0 Å². The van der Waals surface area contributed by atoms with Gasteiger partial charge in [0.1, 0.15) is 11.4 Å². The van der Waals surface area contributed by atoms with E-state index in [1.165, 1.54) is 37.2 Å². The van der Waals surface area contributed by atoms with Crippen LogP contribution in [-0.4, -0.2) is 63.4 Å². The van der Waals surface area contributed by atoms with Crippen LogP contribution < -0.4 is 34.0 Å². The van der Waals surface area contributed by atoms with Gasteiger partial charge in [0.15, 0.2) is 16.7 Å². The molecule has 3 aromatic rings. The molecule has 4 rings (SSSR count). The van der Waals surface area contributed by atoms with Crippen molar-refractivity contribution in [2.75, 3.05) is 51.1 Å². The molecule has 12 nitrogen and oxygen atoms in total. The van der Waals surface area contributed by atoms with E-state index in [0.717, 1.165) is 11.8 Å². The number of nitrogens with zero attached hydrogens (tertiary/aromatic N) is 6. The van der Waals surface area contributed by atoms with Crippen LogP contribution in [-0.2, 0) is 4.79 Å². The number of aromatic nitrogens is 2. The number of methoxy groups -OCH3 is 3. The first-order chi connectivity index (χ1) is 18.3. The fourth-order valence-electron chi connectivity index (χ4n) is 3.46. The lowest BCUT2D eigenvalue weighted by atomic mass is 10.1. The number of amides is 1. The van der Waals surface area contributed by atoms with Crippen LogP contribution in [0.5, 0.6) is 17.2 Å². The highest BCUT2D eigenvalue weighted by Gasteiger charge is 2.32. The predicted molar refractivity (Wildman–Crippen MR) is 142 cm³/mol. The van der Waals surface area contributed by atoms with Gasteiger partial charge in [-0.1, -0.05) is 30.0 Å². The maximum Gasteiger partial charge on any atom is 0.324 e. The smallest absolute Gasteiger partial charge is 0.324 e. The van der Waals surface area contributed by atoms with E-state index in [0.29, 0.717) is 33.7 Å². The number of ether oxygens (including phenoxy) is 3. The van der Waals surface area contributed by atoms with Gasteiger partial charge in [-0.2, -0.15) is 5.01 Å². The Hall–Kier alpha value is -4.52. The standard InChI is InChI=1S/C25H26N6O6S/c1-29(2)30-14-23(37-28-30)27-22(32)15-38-25-26-18(24(33)31(25)17-9-7-6-8-10-17)11-16-12-20(35-4)21(36-5)13-19(16)34-3/h6-14H,15H2,1-5H3/b18-11+. The monoisotopic (exact) mass is 538 g/mol. The zero-order valence-electron chi connectivity index (χ0n) is 21.4. The molecule has 0 saturated heterocycles. The van der Waals surface area contributed by atoms with Crippen LogP contribution in [0, 0.1) is 0 Å². The summed E-state index contributed by atoms with van der Waals surface area (Å²) < 4.78 is 21.3. The largest absolute Gasteiger partial charge is 0.861 e. The molecular weight excluding hydrogens is 512 g/mol. The second-order valence-corrected chi connectivity index (χ2v) is 8.89. The summed E-state index contributed by atoms with van der Waals surface area (Å²) in [5.74, 6) is 0.586. The molecule has 0 atom stereocenters. The van der Waals surface area contributed by atoms with E-state index in [9.17, 15) is 9.90 Å². The van der Waals surface area contributed by atoms with Crippen LogP contribution in [0.15, 0.2) is 68.9 Å². The molecule has 198 valence electrons. The zero-order chi connectivity index (χ0) is 27.2. The summed E-state index contributed by atoms with van der Waals surface area (Å²) in [6.45, 7) is 0. The summed E-state index contributed by atoms with van der Waals surface area (Å²) in [4.78, 5) is 24.8. The summed E-state index contributed by atoms with van der Waals surface area (Å²) in [5, 5.41) is 18.3. The first kappa shape index (κ1) is 26.5. The molecule has 0 aliphatic carbocycles. The van der Waals surface area contributed by atoms with E-state index in [2.05, 4.69) is 15.3 Å². The fraction of sp³-hybridized carbons (Fsp3) is 0.240. The maximum absolute atomic E-state index is 13.5. The van der Waals surface area contributed by atoms with E-state index in [1.807, 2.05) is 18.2 Å². The van der Waals surface area contributed by atoms with Crippen LogP contribution in [0.1, 0.15) is 5.56 Å². The minimum absolute atomic E-state index is 0.0646. The lowest BCUT2D eigenvalue weighted by Gasteiger charge is -2.18. The highest BCUT2D eigenvalue weighted by molar-refractivity contribution is 8.14. The third-order valence-corrected chi connectivity index (χ3v) is 6.21. The third-order valence-electron chi connectivity index (χ3n) is 5.29. The van der Waals surface area contributed by atoms with Gasteiger partial charge in [0.2, 0.25) is 5.27 Å². The molecule has 2 aromatic carbocycles. The molecule has 0 fully saturated rings. The van der Waals surface area contributed by atoms with Crippen molar-refractivity contribution in [1.29, 1.82) is 0 Å². The Bertz CT molecular complexity index is 1400. The molecular formula is C25H26N6O6S. The second-order valence-electron chi connectivity index (χ2n) is 7.95. The first-order valence-electron chi connectivity index (χ1n) is 11.3. The van der Waals surface area contributed by atoms with E-state index in [4.69, 9.17) is 18.7 Å². The predicted octanol–water partition coefficient (Wildman–Crippen LogP) is 1.75. The van der Waals surface area contributed by atoms with Crippen molar-refractivity contribution >= 4 is 46.4 Å². The lowest BCUT2D eigenvalue weighted by Crippen LogP contribution is -2.53. The van der Waals surface area contributed by atoms with Crippen molar-refractivity contribution in [2.45, 2.75) is 0 Å². The molecule has 0 N–H and O–H groups in total. The molecule has 0 bridgehead atoms. The number of carbonyl (C=O) groups excluding carboxylic acids is 1. The molecule has 1 aliphatic heterocycles. The lowest BCUT2D eigenvalue weighted by molar-refractivity contribution is -0.753. The Morgan fingerprint density at radius 2 is 1.82 bits per heavy atom. The van der Waals surface area contributed by atoms with Crippen LogP contribution in [0.25, 0.3) is 6.08 Å². The van der Waals surface area contributed by atoms with Crippen LogP contribution in [0.2, 0.25) is 0 Å². The van der Waals surface area contributed by atoms with E-state index >= 15 is 0 Å². The van der Waals surface area contributed by atoms with Gasteiger partial charge in [0.25, 0.3) is 12.1 Å². The number of hydrogen-bond acceptors (Lipinski definition) is 11. The number of amidine groups is 1. The molecule has 2 heterocycles. The average Bonchev–Trinajstić information content (AvgIpc) is 3.52. The molecule has 1 amide bonds. The molecule has 13 heteroatoms. The maximum atomic E-state index is 13.5. The van der Waals surface area contributed by atoms with Crippen molar-refractivity contribution in [2.24, 2.45) is 9.98 Å². The number of anilines is 1. The van der Waals surface area contributed by atoms with E-state index in [-0.39, 0.29) is 23.2 Å². The SMILES string of the molecule is COc1cc(OC)c(OC)cc1/C=C1/N=C(SC/C([O-])=N\c2c[n+](N(C)C)no2)N(c2ccccc2)C1=O. The topological polar surface area (TPSA) is 129 Å². The fourth-order valence-corrected chi connectivity index (χ4v) is 4.26. The average molecular weight is 539 g/mol. The van der Waals surface area contributed by atoms with Crippen molar-refractivity contribution < 1.29 is 33.4 Å². The number of hydrogen-bond donors (Lipinski definition) is 0. The van der Waals surface area contributed by atoms with Crippen molar-refractivity contribution in [3.63, 3.8) is 0 Å². The summed E-state index contributed by atoms with van der Waals surface area (Å²) in [7, 11) is 8.09. The Morgan fingerprint density at radius 1 is 1.13 bits per heavy atom. The van der Waals surface area contributed by atoms with Gasteiger partial charge >= 0.3 is 5.88 Å². The summed E-state index contributed by atoms with van der Waals surface area (Å²) >= 11 is 1.08. The van der Waals surface area contributed by atoms with E-state index < -0.39 is 5.90 Å². The zero-order valence-corrected chi connectivity index (χ0v) is 22.3. The number of carbonyl (C=O) groups is 1. The molecule has 0 spiro atoms. The highest BCUT2D eigenvalue weighted by Crippen LogP contribution is 2.37. The summed E-state index contributed by atoms with van der Waals surface area (Å²) in [5.41, 5.74) is 1.34. The number of aliphatic imine (C=N–C) groups is 2. The Morgan fingerprint density at radius 3 is 2.45 bits per heavy atom. The molecule has 0 radical (unpaired) electrons. The minimum Gasteiger partial charge on any atom is -0.861 e. The molecule has 1 aromatic heterocycles. The Balaban J connectivity index is 1.65. The van der Waals surface area contributed by atoms with Gasteiger partial charge in [-0.25, -0.2) is 9.98 Å². The summed E-state index contributed by atoms with van der Waals surface area (Å²) in [6, 6.07) is 12.4. The molecule has 1 aliphatic rings. The molecule has 0 unspecified atom stereocenters. The van der Waals surface area contributed by atoms with Gasteiger partial charge in [-0.3, -0.25) is 14.2 Å².